The summed E-state index contributed by atoms with van der Waals surface area (Å²) in [7, 11) is 0. The minimum atomic E-state index is -0.134. The van der Waals surface area contributed by atoms with Gasteiger partial charge in [-0.3, -0.25) is 0 Å². The van der Waals surface area contributed by atoms with Crippen molar-refractivity contribution in [3.05, 3.63) is 169 Å². The van der Waals surface area contributed by atoms with E-state index in [1.165, 1.54) is 110 Å². The minimum absolute atomic E-state index is 0.134. The fraction of sp³-hybridized carbons (Fsp3) is 0.0612. The van der Waals surface area contributed by atoms with Gasteiger partial charge in [-0.25, -0.2) is 0 Å². The van der Waals surface area contributed by atoms with Gasteiger partial charge in [-0.2, -0.15) is 0 Å². The second kappa shape index (κ2) is 9.56. The van der Waals surface area contributed by atoms with Crippen LogP contribution in [0.4, 0.5) is 0 Å². The Balaban J connectivity index is 1.11. The van der Waals surface area contributed by atoms with Crippen LogP contribution in [-0.2, 0) is 5.41 Å². The van der Waals surface area contributed by atoms with Gasteiger partial charge in [-0.15, -0.1) is 0 Å². The molecule has 0 fully saturated rings. The van der Waals surface area contributed by atoms with Crippen molar-refractivity contribution in [2.45, 2.75) is 19.3 Å². The lowest BCUT2D eigenvalue weighted by Crippen LogP contribution is -2.16. The molecular formula is C49H32. The molecule has 0 aliphatic heterocycles. The molecule has 11 rings (SSSR count). The fourth-order valence-electron chi connectivity index (χ4n) is 9.50. The molecular weight excluding hydrogens is 589 g/mol. The normalized spacial score (nSPS) is 13.7. The summed E-state index contributed by atoms with van der Waals surface area (Å²) in [5, 5.41) is 10.7. The van der Waals surface area contributed by atoms with Crippen LogP contribution in [0.15, 0.2) is 158 Å². The van der Waals surface area contributed by atoms with Gasteiger partial charge in [-0.05, 0) is 122 Å². The molecule has 2 aliphatic rings. The minimum Gasteiger partial charge on any atom is -0.0616 e. The molecule has 9 aromatic rings. The zero-order valence-electron chi connectivity index (χ0n) is 27.5. The van der Waals surface area contributed by atoms with Gasteiger partial charge >= 0.3 is 0 Å². The lowest BCUT2D eigenvalue weighted by atomic mass is 9.77. The van der Waals surface area contributed by atoms with Crippen LogP contribution >= 0.6 is 0 Å². The molecule has 0 bridgehead atoms. The summed E-state index contributed by atoms with van der Waals surface area (Å²) in [5.41, 5.74) is 15.9. The van der Waals surface area contributed by atoms with Crippen LogP contribution < -0.4 is 0 Å². The fourth-order valence-corrected chi connectivity index (χ4v) is 9.50. The van der Waals surface area contributed by atoms with Crippen molar-refractivity contribution in [2.75, 3.05) is 0 Å². The summed E-state index contributed by atoms with van der Waals surface area (Å²) in [5.74, 6) is 0. The molecule has 0 spiro atoms. The monoisotopic (exact) mass is 620 g/mol. The van der Waals surface area contributed by atoms with Crippen LogP contribution in [0.2, 0.25) is 0 Å². The summed E-state index contributed by atoms with van der Waals surface area (Å²) >= 11 is 0. The number of hydrogen-bond donors (Lipinski definition) is 0. The van der Waals surface area contributed by atoms with Crippen LogP contribution in [0.3, 0.4) is 0 Å². The molecule has 2 aliphatic carbocycles. The highest BCUT2D eigenvalue weighted by Crippen LogP contribution is 2.56. The number of hydrogen-bond acceptors (Lipinski definition) is 0. The molecule has 0 radical (unpaired) electrons. The Morgan fingerprint density at radius 1 is 0.327 bits per heavy atom. The Bertz CT molecular complexity index is 2870. The van der Waals surface area contributed by atoms with Crippen molar-refractivity contribution in [1.82, 2.24) is 0 Å². The van der Waals surface area contributed by atoms with Crippen molar-refractivity contribution >= 4 is 43.1 Å². The maximum Gasteiger partial charge on any atom is 0.0171 e. The summed E-state index contributed by atoms with van der Waals surface area (Å²) in [4.78, 5) is 0. The van der Waals surface area contributed by atoms with Crippen molar-refractivity contribution in [1.29, 1.82) is 0 Å². The summed E-state index contributed by atoms with van der Waals surface area (Å²) in [6, 6.07) is 59.1. The molecule has 0 saturated heterocycles. The zero-order chi connectivity index (χ0) is 32.4. The van der Waals surface area contributed by atoms with Crippen molar-refractivity contribution in [3.8, 4) is 55.6 Å². The molecule has 228 valence electrons. The van der Waals surface area contributed by atoms with Crippen LogP contribution in [-0.4, -0.2) is 0 Å². The summed E-state index contributed by atoms with van der Waals surface area (Å²) in [6.07, 6.45) is 0. The van der Waals surface area contributed by atoms with Gasteiger partial charge in [0.15, 0.2) is 0 Å². The van der Waals surface area contributed by atoms with Crippen molar-refractivity contribution < 1.29 is 0 Å². The lowest BCUT2D eigenvalue weighted by Gasteiger charge is -2.25. The molecule has 0 heteroatoms. The number of fused-ring (bicyclic) bond motifs is 13. The second-order valence-corrected chi connectivity index (χ2v) is 14.4. The largest absolute Gasteiger partial charge is 0.0616 e. The maximum atomic E-state index is 2.44. The lowest BCUT2D eigenvalue weighted by molar-refractivity contribution is 0.672. The van der Waals surface area contributed by atoms with E-state index < -0.39 is 0 Å². The third-order valence-electron chi connectivity index (χ3n) is 11.5. The van der Waals surface area contributed by atoms with Crippen LogP contribution in [0.1, 0.15) is 25.0 Å². The SMILES string of the molecule is CC1(C)c2c(ccc3ccccc23)-c2c1c1ccc(-c3cccc(-c4ccc5c6c(cccc46)-c4ccccc4-5)c3)cc1c1ccccc21. The first kappa shape index (κ1) is 27.0. The molecule has 0 heterocycles. The quantitative estimate of drug-likeness (QED) is 0.169. The summed E-state index contributed by atoms with van der Waals surface area (Å²) < 4.78 is 0. The van der Waals surface area contributed by atoms with Gasteiger partial charge in [0.2, 0.25) is 0 Å². The van der Waals surface area contributed by atoms with Crippen molar-refractivity contribution in [3.63, 3.8) is 0 Å². The Hall–Kier alpha value is -5.98. The molecule has 0 unspecified atom stereocenters. The van der Waals surface area contributed by atoms with E-state index in [0.717, 1.165) is 0 Å². The molecule has 49 heavy (non-hydrogen) atoms. The Morgan fingerprint density at radius 3 is 1.80 bits per heavy atom. The van der Waals surface area contributed by atoms with Gasteiger partial charge in [0.05, 0.1) is 0 Å². The Kier molecular flexibility index (Phi) is 5.27. The highest BCUT2D eigenvalue weighted by atomic mass is 14.4. The smallest absolute Gasteiger partial charge is 0.0171 e. The molecule has 9 aromatic carbocycles. The van der Waals surface area contributed by atoms with E-state index in [1.54, 1.807) is 0 Å². The van der Waals surface area contributed by atoms with E-state index in [0.29, 0.717) is 0 Å². The Morgan fingerprint density at radius 2 is 0.939 bits per heavy atom. The Labute approximate surface area is 285 Å². The summed E-state index contributed by atoms with van der Waals surface area (Å²) in [6.45, 7) is 4.85. The average molecular weight is 621 g/mol. The maximum absolute atomic E-state index is 2.44. The van der Waals surface area contributed by atoms with Gasteiger partial charge < -0.3 is 0 Å². The standard InChI is InChI=1S/C49H32/c1-49(2)47-34-14-4-3-11-29(34)21-24-43(47)46-40-18-8-7-17-37(40)44-28-31(22-23-42(44)48(46)49)30-12-9-13-32(27-30)33-25-26-41-36-16-6-5-15-35(36)39-20-10-19-38(33)45(39)41/h3-28H,1-2H3. The molecule has 0 amide bonds. The first-order chi connectivity index (χ1) is 24.1. The van der Waals surface area contributed by atoms with E-state index in [9.17, 15) is 0 Å². The molecule has 0 saturated carbocycles. The average Bonchev–Trinajstić information content (AvgIpc) is 3.61. The second-order valence-electron chi connectivity index (χ2n) is 14.4. The predicted octanol–water partition coefficient (Wildman–Crippen LogP) is 13.6. The van der Waals surface area contributed by atoms with Gasteiger partial charge in [0.25, 0.3) is 0 Å². The molecule has 0 atom stereocenters. The molecule has 0 N–H and O–H groups in total. The zero-order valence-corrected chi connectivity index (χ0v) is 27.5. The topological polar surface area (TPSA) is 0 Å². The third-order valence-corrected chi connectivity index (χ3v) is 11.5. The number of rotatable bonds is 2. The molecule has 0 aromatic heterocycles. The predicted molar refractivity (Wildman–Crippen MR) is 209 cm³/mol. The highest BCUT2D eigenvalue weighted by Gasteiger charge is 2.39. The van der Waals surface area contributed by atoms with Crippen molar-refractivity contribution in [2.24, 2.45) is 0 Å². The van der Waals surface area contributed by atoms with E-state index >= 15 is 0 Å². The van der Waals surface area contributed by atoms with Gasteiger partial charge in [-0.1, -0.05) is 159 Å². The highest BCUT2D eigenvalue weighted by molar-refractivity contribution is 6.21. The van der Waals surface area contributed by atoms with E-state index in [-0.39, 0.29) is 5.41 Å². The first-order valence-electron chi connectivity index (χ1n) is 17.4. The van der Waals surface area contributed by atoms with Crippen LogP contribution in [0.25, 0.3) is 98.7 Å². The molecule has 0 nitrogen and oxygen atoms in total. The number of benzene rings is 9. The third kappa shape index (κ3) is 3.53. The van der Waals surface area contributed by atoms with E-state index in [1.807, 2.05) is 0 Å². The van der Waals surface area contributed by atoms with E-state index in [4.69, 9.17) is 0 Å². The van der Waals surface area contributed by atoms with Gasteiger partial charge in [0, 0.05) is 5.41 Å². The van der Waals surface area contributed by atoms with Crippen LogP contribution in [0, 0.1) is 0 Å². The first-order valence-corrected chi connectivity index (χ1v) is 17.4. The van der Waals surface area contributed by atoms with E-state index in [2.05, 4.69) is 172 Å². The van der Waals surface area contributed by atoms with Gasteiger partial charge in [0.1, 0.15) is 0 Å². The van der Waals surface area contributed by atoms with Crippen LogP contribution in [0.5, 0.6) is 0 Å².